The smallest absolute Gasteiger partial charge is 0.243 e. The number of rotatable bonds is 9. The van der Waals surface area contributed by atoms with Crippen LogP contribution in [-0.4, -0.2) is 28.8 Å². The normalized spacial score (nSPS) is 14.7. The van der Waals surface area contributed by atoms with Gasteiger partial charge < -0.3 is 10.2 Å². The highest BCUT2D eigenvalue weighted by molar-refractivity contribution is 6.42. The predicted octanol–water partition coefficient (Wildman–Crippen LogP) is 7.28. The molecule has 1 N–H and O–H groups in total. The molecule has 0 aliphatic heterocycles. The third kappa shape index (κ3) is 7.73. The van der Waals surface area contributed by atoms with Crippen LogP contribution in [0.5, 0.6) is 0 Å². The zero-order valence-electron chi connectivity index (χ0n) is 20.6. The number of hydrogen-bond acceptors (Lipinski definition) is 2. The molecule has 194 valence electrons. The van der Waals surface area contributed by atoms with Gasteiger partial charge in [-0.05, 0) is 47.7 Å². The molecule has 0 radical (unpaired) electrons. The third-order valence-electron chi connectivity index (χ3n) is 6.86. The highest BCUT2D eigenvalue weighted by atomic mass is 35.5. The maximum atomic E-state index is 13.9. The van der Waals surface area contributed by atoms with Crippen LogP contribution in [0, 0.1) is 0 Å². The van der Waals surface area contributed by atoms with Gasteiger partial charge in [-0.15, -0.1) is 0 Å². The van der Waals surface area contributed by atoms with Crippen molar-refractivity contribution < 1.29 is 9.59 Å². The van der Waals surface area contributed by atoms with Gasteiger partial charge in [-0.2, -0.15) is 0 Å². The molecular weight excluding hydrogens is 527 g/mol. The van der Waals surface area contributed by atoms with Gasteiger partial charge in [-0.25, -0.2) is 0 Å². The van der Waals surface area contributed by atoms with E-state index in [1.807, 2.05) is 54.6 Å². The number of nitrogens with one attached hydrogen (secondary N) is 1. The lowest BCUT2D eigenvalue weighted by Crippen LogP contribution is -2.53. The van der Waals surface area contributed by atoms with E-state index in [4.69, 9.17) is 34.8 Å². The molecule has 7 heteroatoms. The van der Waals surface area contributed by atoms with Gasteiger partial charge in [-0.1, -0.05) is 109 Å². The van der Waals surface area contributed by atoms with Crippen LogP contribution in [0.1, 0.15) is 48.8 Å². The molecule has 3 aromatic rings. The van der Waals surface area contributed by atoms with E-state index in [1.54, 1.807) is 23.1 Å². The zero-order valence-corrected chi connectivity index (χ0v) is 22.9. The van der Waals surface area contributed by atoms with Gasteiger partial charge in [0.2, 0.25) is 11.8 Å². The fraction of sp³-hybridized carbons (Fsp3) is 0.333. The van der Waals surface area contributed by atoms with Gasteiger partial charge in [0, 0.05) is 24.0 Å². The van der Waals surface area contributed by atoms with Crippen molar-refractivity contribution in [2.45, 2.75) is 63.6 Å². The lowest BCUT2D eigenvalue weighted by atomic mass is 9.94. The van der Waals surface area contributed by atoms with Gasteiger partial charge in [0.1, 0.15) is 6.04 Å². The van der Waals surface area contributed by atoms with Crippen molar-refractivity contribution in [3.8, 4) is 0 Å². The second-order valence-electron chi connectivity index (χ2n) is 9.59. The fourth-order valence-electron chi connectivity index (χ4n) is 4.84. The summed E-state index contributed by atoms with van der Waals surface area (Å²) in [6, 6.07) is 21.8. The Balaban J connectivity index is 1.68. The lowest BCUT2D eigenvalue weighted by Gasteiger charge is -2.33. The molecule has 3 aromatic carbocycles. The van der Waals surface area contributed by atoms with E-state index in [-0.39, 0.29) is 30.8 Å². The number of halogens is 3. The van der Waals surface area contributed by atoms with Crippen molar-refractivity contribution in [3.05, 3.63) is 105 Å². The summed E-state index contributed by atoms with van der Waals surface area (Å²) in [5, 5.41) is 4.62. The van der Waals surface area contributed by atoms with E-state index >= 15 is 0 Å². The van der Waals surface area contributed by atoms with Crippen molar-refractivity contribution >= 4 is 46.6 Å². The molecule has 1 aliphatic rings. The van der Waals surface area contributed by atoms with Crippen molar-refractivity contribution in [1.29, 1.82) is 0 Å². The predicted molar refractivity (Wildman–Crippen MR) is 151 cm³/mol. The molecule has 0 heterocycles. The molecule has 1 saturated carbocycles. The maximum Gasteiger partial charge on any atom is 0.243 e. The lowest BCUT2D eigenvalue weighted by molar-refractivity contribution is -0.141. The summed E-state index contributed by atoms with van der Waals surface area (Å²) in [6.07, 6.45) is 5.81. The molecule has 0 saturated heterocycles. The van der Waals surface area contributed by atoms with E-state index in [1.165, 1.54) is 6.42 Å². The van der Waals surface area contributed by atoms with Crippen molar-refractivity contribution in [2.24, 2.45) is 0 Å². The summed E-state index contributed by atoms with van der Waals surface area (Å²) in [5.41, 5.74) is 2.50. The van der Waals surface area contributed by atoms with Gasteiger partial charge >= 0.3 is 0 Å². The van der Waals surface area contributed by atoms with E-state index in [2.05, 4.69) is 5.32 Å². The van der Waals surface area contributed by atoms with Crippen LogP contribution in [0.25, 0.3) is 0 Å². The van der Waals surface area contributed by atoms with Gasteiger partial charge in [0.15, 0.2) is 0 Å². The number of nitrogens with zero attached hydrogens (tertiary/aromatic N) is 1. The Labute approximate surface area is 233 Å². The topological polar surface area (TPSA) is 49.4 Å². The summed E-state index contributed by atoms with van der Waals surface area (Å²) < 4.78 is 0. The number of hydrogen-bond donors (Lipinski definition) is 1. The zero-order chi connectivity index (χ0) is 26.2. The standard InChI is InChI=1S/C30H31Cl3N2O2/c31-25-14-8-7-11-23(25)19-29(36)35(20-22-15-16-26(32)27(33)17-22)28(18-21-9-3-1-4-10-21)30(37)34-24-12-5-2-6-13-24/h1,3-4,7-11,14-17,24,28H,2,5-6,12-13,18-20H2,(H,34,37). The Bertz CT molecular complexity index is 1210. The van der Waals surface area contributed by atoms with Crippen LogP contribution in [-0.2, 0) is 29.0 Å². The summed E-state index contributed by atoms with van der Waals surface area (Å²) in [7, 11) is 0. The van der Waals surface area contributed by atoms with E-state index < -0.39 is 6.04 Å². The Morgan fingerprint density at radius 2 is 1.51 bits per heavy atom. The van der Waals surface area contributed by atoms with Gasteiger partial charge in [0.05, 0.1) is 16.5 Å². The van der Waals surface area contributed by atoms with Crippen LogP contribution >= 0.6 is 34.8 Å². The highest BCUT2D eigenvalue weighted by Gasteiger charge is 2.32. The first-order chi connectivity index (χ1) is 17.9. The minimum Gasteiger partial charge on any atom is -0.352 e. The molecule has 2 amide bonds. The number of carbonyl (C=O) groups excluding carboxylic acids is 2. The van der Waals surface area contributed by atoms with Crippen LogP contribution in [0.3, 0.4) is 0 Å². The molecule has 0 spiro atoms. The first-order valence-electron chi connectivity index (χ1n) is 12.7. The average molecular weight is 558 g/mol. The van der Waals surface area contributed by atoms with Crippen LogP contribution < -0.4 is 5.32 Å². The first-order valence-corrected chi connectivity index (χ1v) is 13.8. The van der Waals surface area contributed by atoms with Gasteiger partial charge in [-0.3, -0.25) is 9.59 Å². The SMILES string of the molecule is O=C(NC1CCCCC1)C(Cc1ccccc1)N(Cc1ccc(Cl)c(Cl)c1)C(=O)Cc1ccccc1Cl. The minimum atomic E-state index is -0.700. The summed E-state index contributed by atoms with van der Waals surface area (Å²) in [5.74, 6) is -0.317. The highest BCUT2D eigenvalue weighted by Crippen LogP contribution is 2.26. The molecule has 1 fully saturated rings. The summed E-state index contributed by atoms with van der Waals surface area (Å²) in [6.45, 7) is 0.218. The Morgan fingerprint density at radius 1 is 0.811 bits per heavy atom. The number of amides is 2. The van der Waals surface area contributed by atoms with Crippen molar-refractivity contribution in [3.63, 3.8) is 0 Å². The third-order valence-corrected chi connectivity index (χ3v) is 7.97. The fourth-order valence-corrected chi connectivity index (χ4v) is 5.36. The first kappa shape index (κ1) is 27.5. The molecule has 4 nitrogen and oxygen atoms in total. The molecule has 1 atom stereocenters. The van der Waals surface area contributed by atoms with Crippen LogP contribution in [0.4, 0.5) is 0 Å². The summed E-state index contributed by atoms with van der Waals surface area (Å²) >= 11 is 18.8. The molecule has 4 rings (SSSR count). The average Bonchev–Trinajstić information content (AvgIpc) is 2.90. The largest absolute Gasteiger partial charge is 0.352 e. The molecule has 1 aliphatic carbocycles. The van der Waals surface area contributed by atoms with Crippen LogP contribution in [0.15, 0.2) is 72.8 Å². The quantitative estimate of drug-likeness (QED) is 0.301. The van der Waals surface area contributed by atoms with Crippen molar-refractivity contribution in [1.82, 2.24) is 10.2 Å². The molecule has 0 bridgehead atoms. The van der Waals surface area contributed by atoms with Crippen molar-refractivity contribution in [2.75, 3.05) is 0 Å². The second-order valence-corrected chi connectivity index (χ2v) is 10.8. The molecule has 37 heavy (non-hydrogen) atoms. The Kier molecular flexibility index (Phi) is 9.90. The number of carbonyl (C=O) groups is 2. The monoisotopic (exact) mass is 556 g/mol. The Hall–Kier alpha value is -2.53. The van der Waals surface area contributed by atoms with E-state index in [9.17, 15) is 9.59 Å². The van der Waals surface area contributed by atoms with E-state index in [0.29, 0.717) is 21.5 Å². The number of benzene rings is 3. The Morgan fingerprint density at radius 3 is 2.22 bits per heavy atom. The van der Waals surface area contributed by atoms with E-state index in [0.717, 1.165) is 42.4 Å². The van der Waals surface area contributed by atoms with Crippen LogP contribution in [0.2, 0.25) is 15.1 Å². The maximum absolute atomic E-state index is 13.9. The van der Waals surface area contributed by atoms with Gasteiger partial charge in [0.25, 0.3) is 0 Å². The molecular formula is C30H31Cl3N2O2. The molecule has 0 aromatic heterocycles. The second kappa shape index (κ2) is 13.3. The molecule has 1 unspecified atom stereocenters. The summed E-state index contributed by atoms with van der Waals surface area (Å²) in [4.78, 5) is 29.4. The minimum absolute atomic E-state index is 0.0863.